The van der Waals surface area contributed by atoms with Gasteiger partial charge in [-0.25, -0.2) is 9.07 Å². The minimum atomic E-state index is -0.271. The second kappa shape index (κ2) is 9.07. The standard InChI is InChI=1S/C20H22FN5O2/c1-14(2)26-19(23-24-25-26)13-28-18-5-3-4-16(12-18)20(27)22-11-10-15-6-8-17(21)9-7-15/h3-9,12,14H,10-11,13H2,1-2H3,(H,22,27). The largest absolute Gasteiger partial charge is 0.486 e. The Balaban J connectivity index is 1.54. The molecule has 2 aromatic carbocycles. The van der Waals surface area contributed by atoms with E-state index in [2.05, 4.69) is 20.8 Å². The molecule has 0 radical (unpaired) electrons. The molecule has 28 heavy (non-hydrogen) atoms. The van der Waals surface area contributed by atoms with E-state index in [0.717, 1.165) is 5.56 Å². The van der Waals surface area contributed by atoms with Crippen LogP contribution in [0.3, 0.4) is 0 Å². The number of halogens is 1. The first-order chi connectivity index (χ1) is 13.5. The number of amides is 1. The number of hydrogen-bond acceptors (Lipinski definition) is 5. The number of carbonyl (C=O) groups excluding carboxylic acids is 1. The molecule has 0 aliphatic heterocycles. The quantitative estimate of drug-likeness (QED) is 0.647. The SMILES string of the molecule is CC(C)n1nnnc1COc1cccc(C(=O)NCCc2ccc(F)cc2)c1. The van der Waals surface area contributed by atoms with Crippen LogP contribution in [0, 0.1) is 5.82 Å². The Kier molecular flexibility index (Phi) is 6.31. The van der Waals surface area contributed by atoms with E-state index in [1.165, 1.54) is 12.1 Å². The molecular formula is C20H22FN5O2. The highest BCUT2D eigenvalue weighted by molar-refractivity contribution is 5.94. The molecule has 146 valence electrons. The lowest BCUT2D eigenvalue weighted by Gasteiger charge is -2.10. The Hall–Kier alpha value is -3.29. The number of hydrogen-bond donors (Lipinski definition) is 1. The maximum absolute atomic E-state index is 12.9. The third-order valence-electron chi connectivity index (χ3n) is 4.13. The van der Waals surface area contributed by atoms with Crippen LogP contribution in [-0.4, -0.2) is 32.7 Å². The predicted molar refractivity (Wildman–Crippen MR) is 101 cm³/mol. The number of nitrogens with zero attached hydrogens (tertiary/aromatic N) is 4. The molecule has 7 nitrogen and oxygen atoms in total. The van der Waals surface area contributed by atoms with Crippen LogP contribution in [-0.2, 0) is 13.0 Å². The number of benzene rings is 2. The molecule has 1 aromatic heterocycles. The monoisotopic (exact) mass is 383 g/mol. The summed E-state index contributed by atoms with van der Waals surface area (Å²) >= 11 is 0. The molecule has 0 spiro atoms. The summed E-state index contributed by atoms with van der Waals surface area (Å²) in [6.45, 7) is 4.63. The van der Waals surface area contributed by atoms with E-state index in [-0.39, 0.29) is 24.4 Å². The van der Waals surface area contributed by atoms with Gasteiger partial charge in [0.05, 0.1) is 6.04 Å². The maximum Gasteiger partial charge on any atom is 0.251 e. The molecule has 0 fully saturated rings. The van der Waals surface area contributed by atoms with Gasteiger partial charge >= 0.3 is 0 Å². The van der Waals surface area contributed by atoms with Crippen molar-refractivity contribution in [3.63, 3.8) is 0 Å². The zero-order chi connectivity index (χ0) is 19.9. The third-order valence-corrected chi connectivity index (χ3v) is 4.13. The molecule has 0 aliphatic rings. The summed E-state index contributed by atoms with van der Waals surface area (Å²) < 4.78 is 20.3. The fraction of sp³-hybridized carbons (Fsp3) is 0.300. The summed E-state index contributed by atoms with van der Waals surface area (Å²) in [5.74, 6) is 0.709. The van der Waals surface area contributed by atoms with Gasteiger partial charge in [0.2, 0.25) is 0 Å². The molecule has 3 rings (SSSR count). The Labute approximate surface area is 162 Å². The smallest absolute Gasteiger partial charge is 0.251 e. The zero-order valence-corrected chi connectivity index (χ0v) is 15.8. The van der Waals surface area contributed by atoms with E-state index in [1.54, 1.807) is 41.1 Å². The van der Waals surface area contributed by atoms with Gasteiger partial charge in [-0.05, 0) is 66.6 Å². The molecule has 3 aromatic rings. The molecule has 0 saturated carbocycles. The summed E-state index contributed by atoms with van der Waals surface area (Å²) in [6, 6.07) is 13.3. The maximum atomic E-state index is 12.9. The first-order valence-corrected chi connectivity index (χ1v) is 9.05. The van der Waals surface area contributed by atoms with Gasteiger partial charge in [-0.2, -0.15) is 0 Å². The van der Waals surface area contributed by atoms with Gasteiger partial charge in [0, 0.05) is 12.1 Å². The molecule has 8 heteroatoms. The van der Waals surface area contributed by atoms with Crippen LogP contribution in [0.5, 0.6) is 5.75 Å². The Morgan fingerprint density at radius 3 is 2.75 bits per heavy atom. The number of nitrogens with one attached hydrogen (secondary N) is 1. The minimum Gasteiger partial charge on any atom is -0.486 e. The lowest BCUT2D eigenvalue weighted by Crippen LogP contribution is -2.25. The van der Waals surface area contributed by atoms with Gasteiger partial charge in [0.1, 0.15) is 18.2 Å². The van der Waals surface area contributed by atoms with E-state index < -0.39 is 0 Å². The van der Waals surface area contributed by atoms with Crippen molar-refractivity contribution in [2.75, 3.05) is 6.54 Å². The van der Waals surface area contributed by atoms with Crippen LogP contribution in [0.15, 0.2) is 48.5 Å². The summed E-state index contributed by atoms with van der Waals surface area (Å²) in [5, 5.41) is 14.4. The summed E-state index contributed by atoms with van der Waals surface area (Å²) in [6.07, 6.45) is 0.625. The fourth-order valence-electron chi connectivity index (χ4n) is 2.66. The first-order valence-electron chi connectivity index (χ1n) is 9.05. The minimum absolute atomic E-state index is 0.131. The van der Waals surface area contributed by atoms with E-state index in [9.17, 15) is 9.18 Å². The Morgan fingerprint density at radius 1 is 1.21 bits per heavy atom. The number of tetrazole rings is 1. The predicted octanol–water partition coefficient (Wildman–Crippen LogP) is 2.94. The molecule has 1 N–H and O–H groups in total. The molecule has 1 amide bonds. The number of rotatable bonds is 8. The highest BCUT2D eigenvalue weighted by Gasteiger charge is 2.11. The van der Waals surface area contributed by atoms with Crippen molar-refractivity contribution < 1.29 is 13.9 Å². The summed E-state index contributed by atoms with van der Waals surface area (Å²) in [7, 11) is 0. The average molecular weight is 383 g/mol. The van der Waals surface area contributed by atoms with Crippen LogP contribution in [0.2, 0.25) is 0 Å². The fourth-order valence-corrected chi connectivity index (χ4v) is 2.66. The van der Waals surface area contributed by atoms with Crippen LogP contribution >= 0.6 is 0 Å². The number of aromatic nitrogens is 4. The van der Waals surface area contributed by atoms with Crippen molar-refractivity contribution in [3.8, 4) is 5.75 Å². The molecule has 0 atom stereocenters. The Bertz CT molecular complexity index is 924. The number of ether oxygens (including phenoxy) is 1. The van der Waals surface area contributed by atoms with Crippen molar-refractivity contribution in [2.24, 2.45) is 0 Å². The molecule has 0 aliphatic carbocycles. The van der Waals surface area contributed by atoms with Gasteiger partial charge in [-0.3, -0.25) is 4.79 Å². The van der Waals surface area contributed by atoms with Crippen LogP contribution in [0.1, 0.15) is 41.6 Å². The van der Waals surface area contributed by atoms with Crippen molar-refractivity contribution in [2.45, 2.75) is 32.9 Å². The van der Waals surface area contributed by atoms with Gasteiger partial charge in [-0.15, -0.1) is 5.10 Å². The van der Waals surface area contributed by atoms with Crippen molar-refractivity contribution >= 4 is 5.91 Å². The molecule has 0 bridgehead atoms. The highest BCUT2D eigenvalue weighted by atomic mass is 19.1. The van der Waals surface area contributed by atoms with Gasteiger partial charge in [0.25, 0.3) is 5.91 Å². The normalized spacial score (nSPS) is 10.9. The second-order valence-corrected chi connectivity index (χ2v) is 6.58. The molecule has 0 unspecified atom stereocenters. The van der Waals surface area contributed by atoms with E-state index in [0.29, 0.717) is 30.1 Å². The first kappa shape index (κ1) is 19.5. The third kappa shape index (κ3) is 5.12. The molecule has 1 heterocycles. The average Bonchev–Trinajstić information content (AvgIpc) is 3.17. The van der Waals surface area contributed by atoms with Gasteiger partial charge in [0.15, 0.2) is 5.82 Å². The van der Waals surface area contributed by atoms with E-state index in [1.807, 2.05) is 13.8 Å². The Morgan fingerprint density at radius 2 is 2.00 bits per heavy atom. The van der Waals surface area contributed by atoms with Crippen molar-refractivity contribution in [3.05, 3.63) is 71.3 Å². The van der Waals surface area contributed by atoms with Crippen LogP contribution < -0.4 is 10.1 Å². The van der Waals surface area contributed by atoms with Crippen molar-refractivity contribution in [1.82, 2.24) is 25.5 Å². The summed E-state index contributed by atoms with van der Waals surface area (Å²) in [5.41, 5.74) is 1.46. The lowest BCUT2D eigenvalue weighted by atomic mass is 10.1. The topological polar surface area (TPSA) is 81.9 Å². The molecular weight excluding hydrogens is 361 g/mol. The second-order valence-electron chi connectivity index (χ2n) is 6.58. The lowest BCUT2D eigenvalue weighted by molar-refractivity contribution is 0.0953. The van der Waals surface area contributed by atoms with E-state index >= 15 is 0 Å². The summed E-state index contributed by atoms with van der Waals surface area (Å²) in [4.78, 5) is 12.4. The number of carbonyl (C=O) groups is 1. The highest BCUT2D eigenvalue weighted by Crippen LogP contribution is 2.15. The van der Waals surface area contributed by atoms with Crippen molar-refractivity contribution in [1.29, 1.82) is 0 Å². The molecule has 0 saturated heterocycles. The zero-order valence-electron chi connectivity index (χ0n) is 15.8. The van der Waals surface area contributed by atoms with Gasteiger partial charge < -0.3 is 10.1 Å². The van der Waals surface area contributed by atoms with Crippen LogP contribution in [0.4, 0.5) is 4.39 Å². The van der Waals surface area contributed by atoms with Gasteiger partial charge in [-0.1, -0.05) is 18.2 Å². The van der Waals surface area contributed by atoms with Crippen LogP contribution in [0.25, 0.3) is 0 Å². The van der Waals surface area contributed by atoms with E-state index in [4.69, 9.17) is 4.74 Å².